The summed E-state index contributed by atoms with van der Waals surface area (Å²) < 4.78 is 0. The van der Waals surface area contributed by atoms with Crippen molar-refractivity contribution in [2.75, 3.05) is 0 Å². The lowest BCUT2D eigenvalue weighted by molar-refractivity contribution is -0.00896. The first-order valence-corrected chi connectivity index (χ1v) is 9.02. The normalized spacial score (nSPS) is 16.0. The monoisotopic (exact) mass is 315 g/mol. The van der Waals surface area contributed by atoms with Crippen LogP contribution >= 0.6 is 0 Å². The fraction of sp³-hybridized carbons (Fsp3) is 0.889. The maximum atomic E-state index is 9.66. The molecule has 0 radical (unpaired) electrons. The van der Waals surface area contributed by atoms with E-state index in [0.29, 0.717) is 6.42 Å². The van der Waals surface area contributed by atoms with Crippen molar-refractivity contribution in [3.05, 3.63) is 12.2 Å². The Morgan fingerprint density at radius 1 is 0.773 bits per heavy atom. The highest BCUT2D eigenvalue weighted by Gasteiger charge is 2.16. The van der Waals surface area contributed by atoms with E-state index < -0.39 is 18.4 Å². The fourth-order valence-corrected chi connectivity index (χ4v) is 2.49. The Labute approximate surface area is 136 Å². The number of unbranched alkanes of at least 4 members (excludes halogenated alkanes) is 9. The molecular weight excluding hydrogens is 278 g/mol. The van der Waals surface area contributed by atoms with Crippen LogP contribution in [0.2, 0.25) is 0 Å². The molecule has 132 valence electrons. The Bertz CT molecular complexity index is 257. The Morgan fingerprint density at radius 3 is 1.86 bits per heavy atom. The second kappa shape index (κ2) is 15.5. The summed E-state index contributed by atoms with van der Waals surface area (Å²) in [5, 5.41) is 28.1. The average molecular weight is 315 g/mol. The molecule has 0 rings (SSSR count). The van der Waals surface area contributed by atoms with Gasteiger partial charge in [0, 0.05) is 6.42 Å². The molecule has 0 heterocycles. The zero-order valence-electron chi connectivity index (χ0n) is 14.3. The second-order valence-corrected chi connectivity index (χ2v) is 6.26. The van der Waals surface area contributed by atoms with Gasteiger partial charge in [0.25, 0.3) is 0 Å². The molecule has 0 aliphatic rings. The zero-order valence-corrected chi connectivity index (χ0v) is 14.3. The van der Waals surface area contributed by atoms with Crippen molar-refractivity contribution in [1.29, 1.82) is 0 Å². The lowest BCUT2D eigenvalue weighted by atomic mass is 10.0. The van der Waals surface area contributed by atoms with E-state index in [0.717, 1.165) is 6.42 Å². The van der Waals surface area contributed by atoms with Gasteiger partial charge in [0.05, 0.1) is 12.2 Å². The van der Waals surface area contributed by atoms with Gasteiger partial charge >= 0.3 is 0 Å². The maximum absolute atomic E-state index is 9.66. The molecule has 0 aromatic rings. The molecule has 0 saturated carbocycles. The van der Waals surface area contributed by atoms with E-state index in [9.17, 15) is 10.2 Å². The topological polar surface area (TPSA) is 86.7 Å². The summed E-state index contributed by atoms with van der Waals surface area (Å²) in [5.41, 5.74) is 5.17. The van der Waals surface area contributed by atoms with E-state index >= 15 is 0 Å². The number of rotatable bonds is 15. The highest BCUT2D eigenvalue weighted by Crippen LogP contribution is 2.11. The van der Waals surface area contributed by atoms with Crippen molar-refractivity contribution in [2.45, 2.75) is 102 Å². The summed E-state index contributed by atoms with van der Waals surface area (Å²) >= 11 is 0. The number of hydrogen-bond donors (Lipinski definition) is 4. The average Bonchev–Trinajstić information content (AvgIpc) is 2.47. The maximum Gasteiger partial charge on any atom is 0.105 e. The van der Waals surface area contributed by atoms with E-state index in [1.165, 1.54) is 57.8 Å². The van der Waals surface area contributed by atoms with E-state index in [1.807, 2.05) is 6.08 Å². The van der Waals surface area contributed by atoms with Gasteiger partial charge in [-0.1, -0.05) is 70.4 Å². The van der Waals surface area contributed by atoms with Gasteiger partial charge in [-0.2, -0.15) is 0 Å². The molecule has 3 atom stereocenters. The third-order valence-electron chi connectivity index (χ3n) is 3.95. The summed E-state index contributed by atoms with van der Waals surface area (Å²) in [7, 11) is 0. The summed E-state index contributed by atoms with van der Waals surface area (Å²) in [5.74, 6) is 0. The van der Waals surface area contributed by atoms with Crippen LogP contribution < -0.4 is 5.73 Å². The van der Waals surface area contributed by atoms with Gasteiger partial charge in [-0.05, 0) is 19.3 Å². The standard InChI is InChI=1S/C18H37NO3/c1-2-3-4-5-6-7-8-9-10-11-12-13-14-16(20)17(21)15-18(19)22/h12-13,16-18,20-22H,2-11,14-15,19H2,1H3. The molecule has 22 heavy (non-hydrogen) atoms. The predicted molar refractivity (Wildman–Crippen MR) is 92.4 cm³/mol. The Hall–Kier alpha value is -0.420. The van der Waals surface area contributed by atoms with Gasteiger partial charge in [-0.25, -0.2) is 0 Å². The third-order valence-corrected chi connectivity index (χ3v) is 3.95. The van der Waals surface area contributed by atoms with Crippen LogP contribution in [-0.4, -0.2) is 33.8 Å². The van der Waals surface area contributed by atoms with E-state index in [4.69, 9.17) is 10.8 Å². The molecule has 0 aromatic heterocycles. The zero-order chi connectivity index (χ0) is 16.6. The third kappa shape index (κ3) is 14.5. The molecule has 0 bridgehead atoms. The minimum Gasteiger partial charge on any atom is -0.390 e. The Balaban J connectivity index is 3.36. The van der Waals surface area contributed by atoms with Crippen LogP contribution in [0.25, 0.3) is 0 Å². The fourth-order valence-electron chi connectivity index (χ4n) is 2.49. The first-order valence-electron chi connectivity index (χ1n) is 9.02. The van der Waals surface area contributed by atoms with Crippen molar-refractivity contribution >= 4 is 0 Å². The first kappa shape index (κ1) is 21.6. The van der Waals surface area contributed by atoms with E-state index in [-0.39, 0.29) is 6.42 Å². The van der Waals surface area contributed by atoms with Gasteiger partial charge in [-0.15, -0.1) is 0 Å². The van der Waals surface area contributed by atoms with Gasteiger partial charge in [0.1, 0.15) is 6.23 Å². The smallest absolute Gasteiger partial charge is 0.105 e. The minimum atomic E-state index is -1.07. The highest BCUT2D eigenvalue weighted by molar-refractivity contribution is 4.86. The molecule has 0 amide bonds. The van der Waals surface area contributed by atoms with Crippen LogP contribution in [0.3, 0.4) is 0 Å². The molecule has 0 saturated heterocycles. The number of nitrogens with two attached hydrogens (primary N) is 1. The molecule has 0 aromatic carbocycles. The number of hydrogen-bond acceptors (Lipinski definition) is 4. The quantitative estimate of drug-likeness (QED) is 0.212. The molecule has 0 fully saturated rings. The predicted octanol–water partition coefficient (Wildman–Crippen LogP) is 3.24. The molecule has 0 spiro atoms. The summed E-state index contributed by atoms with van der Waals surface area (Å²) in [6.07, 6.45) is 14.5. The summed E-state index contributed by atoms with van der Waals surface area (Å²) in [6.45, 7) is 2.24. The number of aliphatic hydroxyl groups is 3. The van der Waals surface area contributed by atoms with Crippen molar-refractivity contribution in [2.24, 2.45) is 5.73 Å². The van der Waals surface area contributed by atoms with Crippen LogP contribution in [0.1, 0.15) is 84.0 Å². The lowest BCUT2D eigenvalue weighted by Crippen LogP contribution is -2.33. The van der Waals surface area contributed by atoms with E-state index in [2.05, 4.69) is 13.0 Å². The van der Waals surface area contributed by atoms with Gasteiger partial charge in [-0.3, -0.25) is 0 Å². The van der Waals surface area contributed by atoms with Crippen LogP contribution in [0.5, 0.6) is 0 Å². The number of allylic oxidation sites excluding steroid dienone is 1. The summed E-state index contributed by atoms with van der Waals surface area (Å²) in [4.78, 5) is 0. The summed E-state index contributed by atoms with van der Waals surface area (Å²) in [6, 6.07) is 0. The number of aliphatic hydroxyl groups excluding tert-OH is 3. The molecule has 4 heteroatoms. The van der Waals surface area contributed by atoms with Crippen molar-refractivity contribution < 1.29 is 15.3 Å². The largest absolute Gasteiger partial charge is 0.390 e. The highest BCUT2D eigenvalue weighted by atomic mass is 16.3. The van der Waals surface area contributed by atoms with Gasteiger partial charge in [0.2, 0.25) is 0 Å². The molecule has 3 unspecified atom stereocenters. The van der Waals surface area contributed by atoms with Crippen molar-refractivity contribution in [3.8, 4) is 0 Å². The molecule has 5 N–H and O–H groups in total. The molecule has 4 nitrogen and oxygen atoms in total. The second-order valence-electron chi connectivity index (χ2n) is 6.26. The first-order chi connectivity index (χ1) is 10.6. The molecule has 0 aliphatic heterocycles. The van der Waals surface area contributed by atoms with Gasteiger partial charge in [0.15, 0.2) is 0 Å². The van der Waals surface area contributed by atoms with Crippen LogP contribution in [-0.2, 0) is 0 Å². The van der Waals surface area contributed by atoms with Crippen molar-refractivity contribution in [1.82, 2.24) is 0 Å². The van der Waals surface area contributed by atoms with E-state index in [1.54, 1.807) is 0 Å². The van der Waals surface area contributed by atoms with Crippen LogP contribution in [0.15, 0.2) is 12.2 Å². The van der Waals surface area contributed by atoms with Crippen molar-refractivity contribution in [3.63, 3.8) is 0 Å². The Morgan fingerprint density at radius 2 is 1.32 bits per heavy atom. The molecule has 0 aliphatic carbocycles. The molecular formula is C18H37NO3. The van der Waals surface area contributed by atoms with Crippen LogP contribution in [0.4, 0.5) is 0 Å². The Kier molecular flexibility index (Phi) is 15.2. The minimum absolute atomic E-state index is 0.00721. The van der Waals surface area contributed by atoms with Crippen LogP contribution in [0, 0.1) is 0 Å². The van der Waals surface area contributed by atoms with Gasteiger partial charge < -0.3 is 21.1 Å². The SMILES string of the molecule is CCCCCCCCCCCC=CCC(O)C(O)CC(N)O. The lowest BCUT2D eigenvalue weighted by Gasteiger charge is -2.17.